The van der Waals surface area contributed by atoms with Crippen LogP contribution in [0.1, 0.15) is 27.2 Å². The van der Waals surface area contributed by atoms with Gasteiger partial charge in [0.2, 0.25) is 0 Å². The summed E-state index contributed by atoms with van der Waals surface area (Å²) >= 11 is 2.07. The van der Waals surface area contributed by atoms with E-state index < -0.39 is 0 Å². The van der Waals surface area contributed by atoms with Gasteiger partial charge in [0.25, 0.3) is 0 Å². The minimum Gasteiger partial charge on any atom is -0.377 e. The van der Waals surface area contributed by atoms with Crippen molar-refractivity contribution in [2.24, 2.45) is 0 Å². The molecule has 0 aliphatic carbocycles. The molecule has 0 spiro atoms. The van der Waals surface area contributed by atoms with Gasteiger partial charge in [0, 0.05) is 24.4 Å². The molecule has 2 nitrogen and oxygen atoms in total. The molecule has 1 aliphatic rings. The first-order valence-electron chi connectivity index (χ1n) is 5.20. The van der Waals surface area contributed by atoms with E-state index in [1.165, 1.54) is 12.2 Å². The minimum atomic E-state index is 0.350. The third-order valence-electron chi connectivity index (χ3n) is 2.49. The Morgan fingerprint density at radius 3 is 2.92 bits per heavy atom. The topological polar surface area (TPSA) is 21.3 Å². The number of thioether (sulfide) groups is 1. The van der Waals surface area contributed by atoms with Gasteiger partial charge in [-0.25, -0.2) is 0 Å². The van der Waals surface area contributed by atoms with Crippen molar-refractivity contribution in [1.82, 2.24) is 5.32 Å². The Hall–Kier alpha value is 0.270. The molecule has 1 saturated heterocycles. The predicted molar refractivity (Wildman–Crippen MR) is 59.4 cm³/mol. The van der Waals surface area contributed by atoms with Gasteiger partial charge in [0.1, 0.15) is 0 Å². The summed E-state index contributed by atoms with van der Waals surface area (Å²) in [6, 6.07) is 0.702. The van der Waals surface area contributed by atoms with Crippen LogP contribution in [0.3, 0.4) is 0 Å². The highest BCUT2D eigenvalue weighted by atomic mass is 32.2. The summed E-state index contributed by atoms with van der Waals surface area (Å²) in [6.07, 6.45) is 1.66. The third kappa shape index (κ3) is 3.88. The minimum absolute atomic E-state index is 0.350. The second-order valence-electron chi connectivity index (χ2n) is 3.65. The average Bonchev–Trinajstić information content (AvgIpc) is 2.48. The lowest BCUT2D eigenvalue weighted by Gasteiger charge is -2.19. The van der Waals surface area contributed by atoms with E-state index in [1.54, 1.807) is 0 Å². The van der Waals surface area contributed by atoms with Gasteiger partial charge in [0.15, 0.2) is 0 Å². The van der Waals surface area contributed by atoms with Crippen LogP contribution in [0.4, 0.5) is 0 Å². The van der Waals surface area contributed by atoms with Crippen LogP contribution in [-0.4, -0.2) is 36.3 Å². The lowest BCUT2D eigenvalue weighted by Crippen LogP contribution is -2.38. The predicted octanol–water partition coefficient (Wildman–Crippen LogP) is 1.90. The first-order valence-corrected chi connectivity index (χ1v) is 6.25. The van der Waals surface area contributed by atoms with Gasteiger partial charge < -0.3 is 10.1 Å². The maximum Gasteiger partial charge on any atom is 0.0671 e. The van der Waals surface area contributed by atoms with Crippen molar-refractivity contribution in [2.75, 3.05) is 18.9 Å². The van der Waals surface area contributed by atoms with Crippen LogP contribution in [-0.2, 0) is 4.74 Å². The summed E-state index contributed by atoms with van der Waals surface area (Å²) in [5.41, 5.74) is 0. The van der Waals surface area contributed by atoms with Crippen LogP contribution < -0.4 is 5.32 Å². The fourth-order valence-electron chi connectivity index (χ4n) is 1.66. The van der Waals surface area contributed by atoms with E-state index in [2.05, 4.69) is 30.9 Å². The van der Waals surface area contributed by atoms with E-state index in [0.717, 1.165) is 18.4 Å². The summed E-state index contributed by atoms with van der Waals surface area (Å²) in [6.45, 7) is 8.29. The molecule has 78 valence electrons. The smallest absolute Gasteiger partial charge is 0.0671 e. The van der Waals surface area contributed by atoms with Crippen molar-refractivity contribution in [3.05, 3.63) is 0 Å². The average molecular weight is 203 g/mol. The van der Waals surface area contributed by atoms with E-state index in [9.17, 15) is 0 Å². The molecule has 1 aliphatic heterocycles. The Kier molecular flexibility index (Phi) is 5.14. The van der Waals surface area contributed by atoms with E-state index in [-0.39, 0.29) is 0 Å². The van der Waals surface area contributed by atoms with Gasteiger partial charge in [0.05, 0.1) is 6.10 Å². The maximum atomic E-state index is 5.47. The molecule has 3 atom stereocenters. The number of ether oxygens (including phenoxy) is 1. The molecular weight excluding hydrogens is 182 g/mol. The van der Waals surface area contributed by atoms with E-state index in [1.807, 2.05) is 6.92 Å². The molecule has 3 heteroatoms. The second kappa shape index (κ2) is 5.89. The van der Waals surface area contributed by atoms with Crippen molar-refractivity contribution in [2.45, 2.75) is 44.6 Å². The highest BCUT2D eigenvalue weighted by Gasteiger charge is 2.23. The van der Waals surface area contributed by atoms with Gasteiger partial charge in [-0.3, -0.25) is 0 Å². The zero-order chi connectivity index (χ0) is 9.68. The lowest BCUT2D eigenvalue weighted by atomic mass is 10.1. The summed E-state index contributed by atoms with van der Waals surface area (Å²) in [4.78, 5) is 0. The molecule has 0 amide bonds. The molecule has 1 heterocycles. The molecule has 0 aromatic carbocycles. The van der Waals surface area contributed by atoms with Gasteiger partial charge in [-0.1, -0.05) is 6.92 Å². The van der Waals surface area contributed by atoms with E-state index in [0.29, 0.717) is 12.1 Å². The Morgan fingerprint density at radius 1 is 1.62 bits per heavy atom. The fraction of sp³-hybridized carbons (Fsp3) is 1.00. The van der Waals surface area contributed by atoms with Crippen LogP contribution in [0.5, 0.6) is 0 Å². The van der Waals surface area contributed by atoms with Crippen LogP contribution >= 0.6 is 11.8 Å². The molecule has 0 saturated carbocycles. The van der Waals surface area contributed by atoms with Crippen molar-refractivity contribution in [3.8, 4) is 0 Å². The molecule has 0 radical (unpaired) electrons. The summed E-state index contributed by atoms with van der Waals surface area (Å²) < 4.78 is 5.47. The van der Waals surface area contributed by atoms with Crippen LogP contribution in [0.15, 0.2) is 0 Å². The Morgan fingerprint density at radius 2 is 2.38 bits per heavy atom. The highest BCUT2D eigenvalue weighted by molar-refractivity contribution is 8.00. The molecular formula is C10H21NOS. The van der Waals surface area contributed by atoms with Crippen LogP contribution in [0.25, 0.3) is 0 Å². The van der Waals surface area contributed by atoms with Crippen molar-refractivity contribution >= 4 is 11.8 Å². The Labute approximate surface area is 85.8 Å². The Bertz CT molecular complexity index is 143. The Balaban J connectivity index is 2.10. The van der Waals surface area contributed by atoms with Crippen molar-refractivity contribution in [3.63, 3.8) is 0 Å². The highest BCUT2D eigenvalue weighted by Crippen LogP contribution is 2.25. The zero-order valence-electron chi connectivity index (χ0n) is 8.88. The summed E-state index contributed by atoms with van der Waals surface area (Å²) in [7, 11) is 0. The van der Waals surface area contributed by atoms with Gasteiger partial charge in [-0.15, -0.1) is 0 Å². The molecule has 3 unspecified atom stereocenters. The van der Waals surface area contributed by atoms with E-state index >= 15 is 0 Å². The van der Waals surface area contributed by atoms with Gasteiger partial charge in [-0.2, -0.15) is 11.8 Å². The largest absolute Gasteiger partial charge is 0.377 e. The monoisotopic (exact) mass is 203 g/mol. The quantitative estimate of drug-likeness (QED) is 0.737. The summed E-state index contributed by atoms with van der Waals surface area (Å²) in [5.74, 6) is 1.31. The van der Waals surface area contributed by atoms with Crippen LogP contribution in [0, 0.1) is 0 Å². The van der Waals surface area contributed by atoms with Crippen LogP contribution in [0.2, 0.25) is 0 Å². The van der Waals surface area contributed by atoms with Gasteiger partial charge >= 0.3 is 0 Å². The van der Waals surface area contributed by atoms with Crippen molar-refractivity contribution < 1.29 is 4.74 Å². The first kappa shape index (κ1) is 11.3. The molecule has 1 rings (SSSR count). The number of rotatable bonds is 5. The molecule has 0 aromatic rings. The number of nitrogens with one attached hydrogen (secondary N) is 1. The van der Waals surface area contributed by atoms with Crippen molar-refractivity contribution in [1.29, 1.82) is 0 Å². The fourth-order valence-corrected chi connectivity index (χ4v) is 2.89. The molecule has 1 fully saturated rings. The maximum absolute atomic E-state index is 5.47. The molecule has 1 N–H and O–H groups in total. The third-order valence-corrected chi connectivity index (χ3v) is 3.82. The lowest BCUT2D eigenvalue weighted by molar-refractivity contribution is 0.0740. The molecule has 0 bridgehead atoms. The van der Waals surface area contributed by atoms with Gasteiger partial charge in [-0.05, 0) is 26.0 Å². The SMILES string of the molecule is CCOC(C)CNC1CCSC1C. The first-order chi connectivity index (χ1) is 6.24. The standard InChI is InChI=1S/C10H21NOS/c1-4-12-8(2)7-11-10-5-6-13-9(10)3/h8-11H,4-7H2,1-3H3. The second-order valence-corrected chi connectivity index (χ2v) is 5.13. The van der Waals surface area contributed by atoms with E-state index in [4.69, 9.17) is 4.74 Å². The molecule has 13 heavy (non-hydrogen) atoms. The number of hydrogen-bond acceptors (Lipinski definition) is 3. The number of hydrogen-bond donors (Lipinski definition) is 1. The summed E-state index contributed by atoms with van der Waals surface area (Å²) in [5, 5.41) is 4.34. The molecule has 0 aromatic heterocycles. The normalized spacial score (nSPS) is 30.7. The zero-order valence-corrected chi connectivity index (χ0v) is 9.69.